The first-order chi connectivity index (χ1) is 7.18. The van der Waals surface area contributed by atoms with Crippen LogP contribution >= 0.6 is 0 Å². The molecule has 16 heavy (non-hydrogen) atoms. The van der Waals surface area contributed by atoms with E-state index in [1.54, 1.807) is 0 Å². The van der Waals surface area contributed by atoms with Gasteiger partial charge in [0.05, 0.1) is 17.8 Å². The number of aliphatic hydroxyl groups excluding tert-OH is 2. The van der Waals surface area contributed by atoms with Gasteiger partial charge in [-0.15, -0.1) is 0 Å². The molecule has 0 saturated carbocycles. The monoisotopic (exact) mass is 230 g/mol. The van der Waals surface area contributed by atoms with Gasteiger partial charge in [-0.1, -0.05) is 27.7 Å². The SMILES string of the molecule is CC(C)C1OC(C)(C)C(O)C(O)C1C(C)C. The minimum absolute atomic E-state index is 0.00280. The van der Waals surface area contributed by atoms with E-state index < -0.39 is 17.8 Å². The number of ether oxygens (including phenoxy) is 1. The van der Waals surface area contributed by atoms with Crippen molar-refractivity contribution in [3.63, 3.8) is 0 Å². The summed E-state index contributed by atoms with van der Waals surface area (Å²) < 4.78 is 5.98. The normalized spacial score (nSPS) is 39.4. The van der Waals surface area contributed by atoms with Gasteiger partial charge in [0.25, 0.3) is 0 Å². The number of hydrogen-bond donors (Lipinski definition) is 2. The largest absolute Gasteiger partial charge is 0.390 e. The molecule has 1 aliphatic rings. The zero-order valence-corrected chi connectivity index (χ0v) is 11.3. The van der Waals surface area contributed by atoms with Gasteiger partial charge < -0.3 is 14.9 Å². The van der Waals surface area contributed by atoms with Crippen molar-refractivity contribution in [3.05, 3.63) is 0 Å². The van der Waals surface area contributed by atoms with E-state index in [0.29, 0.717) is 11.8 Å². The number of hydrogen-bond acceptors (Lipinski definition) is 3. The Bertz CT molecular complexity index is 235. The zero-order chi connectivity index (χ0) is 12.7. The highest BCUT2D eigenvalue weighted by molar-refractivity contribution is 4.98. The van der Waals surface area contributed by atoms with E-state index in [0.717, 1.165) is 0 Å². The van der Waals surface area contributed by atoms with Crippen molar-refractivity contribution in [1.29, 1.82) is 0 Å². The van der Waals surface area contributed by atoms with E-state index >= 15 is 0 Å². The lowest BCUT2D eigenvalue weighted by atomic mass is 9.73. The summed E-state index contributed by atoms with van der Waals surface area (Å²) in [6.07, 6.45) is -1.50. The highest BCUT2D eigenvalue weighted by atomic mass is 16.5. The van der Waals surface area contributed by atoms with Gasteiger partial charge in [0.1, 0.15) is 6.10 Å². The van der Waals surface area contributed by atoms with E-state index in [9.17, 15) is 10.2 Å². The Morgan fingerprint density at radius 2 is 1.50 bits per heavy atom. The fourth-order valence-corrected chi connectivity index (χ4v) is 2.67. The zero-order valence-electron chi connectivity index (χ0n) is 11.3. The van der Waals surface area contributed by atoms with Crippen molar-refractivity contribution in [1.82, 2.24) is 0 Å². The van der Waals surface area contributed by atoms with Crippen LogP contribution < -0.4 is 0 Å². The molecule has 1 heterocycles. The van der Waals surface area contributed by atoms with E-state index in [1.807, 2.05) is 13.8 Å². The molecule has 0 bridgehead atoms. The molecular weight excluding hydrogens is 204 g/mol. The molecule has 96 valence electrons. The van der Waals surface area contributed by atoms with E-state index in [2.05, 4.69) is 27.7 Å². The minimum atomic E-state index is -0.810. The lowest BCUT2D eigenvalue weighted by Crippen LogP contribution is -2.61. The predicted molar refractivity (Wildman–Crippen MR) is 64.1 cm³/mol. The topological polar surface area (TPSA) is 49.7 Å². The van der Waals surface area contributed by atoms with Gasteiger partial charge in [0.15, 0.2) is 0 Å². The van der Waals surface area contributed by atoms with Crippen LogP contribution in [-0.2, 0) is 4.74 Å². The highest BCUT2D eigenvalue weighted by Crippen LogP contribution is 2.39. The molecule has 1 saturated heterocycles. The van der Waals surface area contributed by atoms with Crippen molar-refractivity contribution in [3.8, 4) is 0 Å². The summed E-state index contributed by atoms with van der Waals surface area (Å²) in [5.74, 6) is 0.644. The Hall–Kier alpha value is -0.120. The maximum absolute atomic E-state index is 10.2. The molecule has 4 unspecified atom stereocenters. The average Bonchev–Trinajstić information content (AvgIpc) is 2.12. The molecule has 1 fully saturated rings. The van der Waals surface area contributed by atoms with Crippen LogP contribution in [0.4, 0.5) is 0 Å². The van der Waals surface area contributed by atoms with Crippen molar-refractivity contribution < 1.29 is 14.9 Å². The smallest absolute Gasteiger partial charge is 0.109 e. The van der Waals surface area contributed by atoms with E-state index in [-0.39, 0.29) is 12.0 Å². The first kappa shape index (κ1) is 13.9. The Balaban J connectivity index is 2.98. The summed E-state index contributed by atoms with van der Waals surface area (Å²) >= 11 is 0. The van der Waals surface area contributed by atoms with Gasteiger partial charge in [-0.3, -0.25) is 0 Å². The Kier molecular flexibility index (Phi) is 4.04. The lowest BCUT2D eigenvalue weighted by molar-refractivity contribution is -0.255. The summed E-state index contributed by atoms with van der Waals surface area (Å²) in [6.45, 7) is 12.0. The lowest BCUT2D eigenvalue weighted by Gasteiger charge is -2.50. The van der Waals surface area contributed by atoms with Crippen molar-refractivity contribution in [2.75, 3.05) is 0 Å². The van der Waals surface area contributed by atoms with Gasteiger partial charge in [0.2, 0.25) is 0 Å². The molecule has 0 aliphatic carbocycles. The summed E-state index contributed by atoms with van der Waals surface area (Å²) in [5, 5.41) is 20.3. The second-order valence-electron chi connectivity index (χ2n) is 6.19. The van der Waals surface area contributed by atoms with E-state index in [1.165, 1.54) is 0 Å². The maximum atomic E-state index is 10.2. The van der Waals surface area contributed by atoms with Crippen LogP contribution in [0, 0.1) is 17.8 Å². The summed E-state index contributed by atoms with van der Waals surface area (Å²) in [6, 6.07) is 0. The molecule has 0 amide bonds. The Labute approximate surface area is 98.8 Å². The number of rotatable bonds is 2. The second kappa shape index (κ2) is 4.63. The average molecular weight is 230 g/mol. The van der Waals surface area contributed by atoms with Gasteiger partial charge in [-0.2, -0.15) is 0 Å². The molecule has 1 rings (SSSR count). The Morgan fingerprint density at radius 3 is 1.88 bits per heavy atom. The summed E-state index contributed by atoms with van der Waals surface area (Å²) in [4.78, 5) is 0. The van der Waals surface area contributed by atoms with Crippen molar-refractivity contribution >= 4 is 0 Å². The Morgan fingerprint density at radius 1 is 1.00 bits per heavy atom. The van der Waals surface area contributed by atoms with Crippen LogP contribution in [0.3, 0.4) is 0 Å². The molecule has 3 heteroatoms. The third kappa shape index (κ3) is 2.41. The molecule has 0 spiro atoms. The van der Waals surface area contributed by atoms with Crippen LogP contribution in [0.25, 0.3) is 0 Å². The van der Waals surface area contributed by atoms with Crippen LogP contribution in [0.5, 0.6) is 0 Å². The standard InChI is InChI=1S/C13H26O3/c1-7(2)9-10(14)12(15)13(5,6)16-11(9)8(3)4/h7-12,14-15H,1-6H3. The van der Waals surface area contributed by atoms with Crippen LogP contribution in [-0.4, -0.2) is 34.1 Å². The molecule has 0 aromatic carbocycles. The van der Waals surface area contributed by atoms with Gasteiger partial charge >= 0.3 is 0 Å². The molecule has 2 N–H and O–H groups in total. The molecule has 0 radical (unpaired) electrons. The van der Waals surface area contributed by atoms with Crippen LogP contribution in [0.15, 0.2) is 0 Å². The molecular formula is C13H26O3. The minimum Gasteiger partial charge on any atom is -0.390 e. The van der Waals surface area contributed by atoms with Crippen molar-refractivity contribution in [2.24, 2.45) is 17.8 Å². The summed E-state index contributed by atoms with van der Waals surface area (Å²) in [5.41, 5.74) is -0.667. The van der Waals surface area contributed by atoms with Crippen molar-refractivity contribution in [2.45, 2.75) is 65.5 Å². The maximum Gasteiger partial charge on any atom is 0.109 e. The fourth-order valence-electron chi connectivity index (χ4n) is 2.67. The summed E-state index contributed by atoms with van der Waals surface area (Å²) in [7, 11) is 0. The molecule has 0 aromatic rings. The molecule has 4 atom stereocenters. The molecule has 0 aromatic heterocycles. The molecule has 3 nitrogen and oxygen atoms in total. The van der Waals surface area contributed by atoms with Gasteiger partial charge in [-0.05, 0) is 25.7 Å². The fraction of sp³-hybridized carbons (Fsp3) is 1.00. The van der Waals surface area contributed by atoms with Gasteiger partial charge in [0, 0.05) is 5.92 Å². The third-order valence-electron chi connectivity index (χ3n) is 3.68. The third-order valence-corrected chi connectivity index (χ3v) is 3.68. The first-order valence-electron chi connectivity index (χ1n) is 6.22. The van der Waals surface area contributed by atoms with Crippen LogP contribution in [0.2, 0.25) is 0 Å². The first-order valence-corrected chi connectivity index (χ1v) is 6.22. The quantitative estimate of drug-likeness (QED) is 0.760. The van der Waals surface area contributed by atoms with E-state index in [4.69, 9.17) is 4.74 Å². The van der Waals surface area contributed by atoms with Gasteiger partial charge in [-0.25, -0.2) is 0 Å². The predicted octanol–water partition coefficient (Wildman–Crippen LogP) is 1.81. The number of aliphatic hydroxyl groups is 2. The molecule has 1 aliphatic heterocycles. The van der Waals surface area contributed by atoms with Crippen LogP contribution in [0.1, 0.15) is 41.5 Å². The second-order valence-corrected chi connectivity index (χ2v) is 6.19. The highest BCUT2D eigenvalue weighted by Gasteiger charge is 2.50.